The molecule has 0 radical (unpaired) electrons. The number of carbonyl (C=O) groups is 1. The van der Waals surface area contributed by atoms with Crippen LogP contribution in [0.25, 0.3) is 0 Å². The summed E-state index contributed by atoms with van der Waals surface area (Å²) in [6, 6.07) is 0. The fourth-order valence-corrected chi connectivity index (χ4v) is 3.31. The van der Waals surface area contributed by atoms with E-state index in [0.717, 1.165) is 28.9 Å². The normalized spacial score (nSPS) is 19.1. The van der Waals surface area contributed by atoms with Crippen molar-refractivity contribution in [2.45, 2.75) is 65.8 Å². The first kappa shape index (κ1) is 21.4. The van der Waals surface area contributed by atoms with Crippen LogP contribution >= 0.6 is 12.4 Å². The van der Waals surface area contributed by atoms with Crippen LogP contribution in [0.5, 0.6) is 0 Å². The van der Waals surface area contributed by atoms with E-state index in [0.29, 0.717) is 37.6 Å². The molecule has 3 heterocycles. The highest BCUT2D eigenvalue weighted by atomic mass is 35.5. The van der Waals surface area contributed by atoms with E-state index in [2.05, 4.69) is 10.3 Å². The number of nitrogens with two attached hydrogens (primary N) is 1. The number of carbonyl (C=O) groups excluding carboxylic acids is 1. The van der Waals surface area contributed by atoms with E-state index < -0.39 is 6.10 Å². The smallest absolute Gasteiger partial charge is 0.252 e. The quantitative estimate of drug-likeness (QED) is 0.795. The van der Waals surface area contributed by atoms with Gasteiger partial charge in [0.2, 0.25) is 0 Å². The monoisotopic (exact) mass is 398 g/mol. The van der Waals surface area contributed by atoms with Crippen molar-refractivity contribution < 1.29 is 18.6 Å². The van der Waals surface area contributed by atoms with Gasteiger partial charge in [-0.25, -0.2) is 0 Å². The molecule has 1 amide bonds. The van der Waals surface area contributed by atoms with E-state index in [-0.39, 0.29) is 24.4 Å². The molecule has 0 bridgehead atoms. The second-order valence-corrected chi connectivity index (χ2v) is 6.86. The van der Waals surface area contributed by atoms with Crippen molar-refractivity contribution >= 4 is 18.3 Å². The maximum atomic E-state index is 13.2. The summed E-state index contributed by atoms with van der Waals surface area (Å²) in [5, 5.41) is 7.98. The molecule has 8 nitrogen and oxygen atoms in total. The summed E-state index contributed by atoms with van der Waals surface area (Å²) < 4.78 is 16.3. The van der Waals surface area contributed by atoms with Crippen LogP contribution in [0.3, 0.4) is 0 Å². The molecular weight excluding hydrogens is 372 g/mol. The van der Waals surface area contributed by atoms with E-state index >= 15 is 0 Å². The van der Waals surface area contributed by atoms with Crippen LogP contribution in [-0.2, 0) is 22.6 Å². The van der Waals surface area contributed by atoms with Crippen molar-refractivity contribution in [3.8, 4) is 0 Å². The van der Waals surface area contributed by atoms with E-state index in [1.54, 1.807) is 4.90 Å². The highest BCUT2D eigenvalue weighted by molar-refractivity contribution is 5.85. The highest BCUT2D eigenvalue weighted by Crippen LogP contribution is 2.25. The van der Waals surface area contributed by atoms with E-state index in [4.69, 9.17) is 19.5 Å². The van der Waals surface area contributed by atoms with Gasteiger partial charge in [0.15, 0.2) is 0 Å². The highest BCUT2D eigenvalue weighted by Gasteiger charge is 2.34. The molecule has 3 rings (SSSR count). The predicted octanol–water partition coefficient (Wildman–Crippen LogP) is 2.35. The Morgan fingerprint density at radius 1 is 1.04 bits per heavy atom. The van der Waals surface area contributed by atoms with Gasteiger partial charge in [-0.15, -0.1) is 12.4 Å². The molecule has 1 fully saturated rings. The van der Waals surface area contributed by atoms with Crippen molar-refractivity contribution in [3.05, 3.63) is 34.0 Å². The lowest BCUT2D eigenvalue weighted by molar-refractivity contribution is -0.144. The molecule has 0 aliphatic carbocycles. The van der Waals surface area contributed by atoms with Crippen LogP contribution in [0.1, 0.15) is 46.9 Å². The first-order valence-electron chi connectivity index (χ1n) is 8.88. The first-order chi connectivity index (χ1) is 12.4. The van der Waals surface area contributed by atoms with Gasteiger partial charge in [0.1, 0.15) is 17.6 Å². The second-order valence-electron chi connectivity index (χ2n) is 6.86. The molecule has 0 spiro atoms. The number of halogens is 1. The summed E-state index contributed by atoms with van der Waals surface area (Å²) in [5.41, 5.74) is 9.08. The van der Waals surface area contributed by atoms with Gasteiger partial charge in [0.25, 0.3) is 5.91 Å². The maximum Gasteiger partial charge on any atom is 0.252 e. The summed E-state index contributed by atoms with van der Waals surface area (Å²) in [5.74, 6) is 1.37. The van der Waals surface area contributed by atoms with Crippen molar-refractivity contribution in [1.82, 2.24) is 15.2 Å². The Morgan fingerprint density at radius 2 is 1.56 bits per heavy atom. The molecule has 1 aliphatic rings. The molecular formula is C18H27ClN4O4. The fraction of sp³-hybridized carbons (Fsp3) is 0.611. The third-order valence-electron chi connectivity index (χ3n) is 5.02. The van der Waals surface area contributed by atoms with E-state index in [1.807, 2.05) is 27.7 Å². The number of nitrogens with zero attached hydrogens (tertiary/aromatic N) is 3. The second kappa shape index (κ2) is 8.86. The number of aryl methyl sites for hydroxylation is 4. The minimum atomic E-state index is -0.468. The Labute approximate surface area is 164 Å². The number of amides is 1. The fourth-order valence-electron chi connectivity index (χ4n) is 3.31. The predicted molar refractivity (Wildman–Crippen MR) is 100 cm³/mol. The molecule has 1 saturated heterocycles. The Kier molecular flexibility index (Phi) is 7.02. The number of ether oxygens (including phenoxy) is 1. The minimum absolute atomic E-state index is 0. The topological polar surface area (TPSA) is 108 Å². The van der Waals surface area contributed by atoms with Crippen LogP contribution in [0.15, 0.2) is 9.05 Å². The number of hydrogen-bond acceptors (Lipinski definition) is 7. The van der Waals surface area contributed by atoms with Gasteiger partial charge in [-0.3, -0.25) is 4.79 Å². The van der Waals surface area contributed by atoms with Gasteiger partial charge in [-0.1, -0.05) is 10.3 Å². The van der Waals surface area contributed by atoms with Crippen LogP contribution in [-0.4, -0.2) is 39.9 Å². The number of hydrogen-bond donors (Lipinski definition) is 1. The molecule has 1 aliphatic heterocycles. The van der Waals surface area contributed by atoms with Crippen LogP contribution in [0.4, 0.5) is 0 Å². The average Bonchev–Trinajstić information content (AvgIpc) is 3.31. The molecule has 2 N–H and O–H groups in total. The summed E-state index contributed by atoms with van der Waals surface area (Å²) in [4.78, 5) is 14.9. The van der Waals surface area contributed by atoms with Crippen LogP contribution in [0, 0.1) is 27.7 Å². The summed E-state index contributed by atoms with van der Waals surface area (Å²) in [6.07, 6.45) is 0.964. The zero-order chi connectivity index (χ0) is 18.8. The third-order valence-corrected chi connectivity index (χ3v) is 5.02. The SMILES string of the molecule is Cc1noc(C)c1CN(Cc1c(C)noc1C)C(=O)[C@@H]1CC[C@H](CN)O1.Cl. The van der Waals surface area contributed by atoms with Crippen molar-refractivity contribution in [2.75, 3.05) is 6.54 Å². The standard InChI is InChI=1S/C18H26N4O4.ClH/c1-10-15(12(3)25-20-10)8-22(9-16-11(2)21-26-13(16)4)18(23)17-6-5-14(7-19)24-17;/h14,17H,5-9,19H2,1-4H3;1H/t14-,17+;/m1./s1. The maximum absolute atomic E-state index is 13.2. The molecule has 9 heteroatoms. The Bertz CT molecular complexity index is 701. The molecule has 2 aromatic heterocycles. The molecule has 0 saturated carbocycles. The molecule has 150 valence electrons. The van der Waals surface area contributed by atoms with Gasteiger partial charge in [0.05, 0.1) is 30.6 Å². The third kappa shape index (κ3) is 4.51. The van der Waals surface area contributed by atoms with Gasteiger partial charge >= 0.3 is 0 Å². The lowest BCUT2D eigenvalue weighted by atomic mass is 10.1. The minimum Gasteiger partial charge on any atom is -0.364 e. The Hall–Kier alpha value is -1.90. The Balaban J connectivity index is 0.00000261. The number of aromatic nitrogens is 2. The lowest BCUT2D eigenvalue weighted by Crippen LogP contribution is -2.39. The van der Waals surface area contributed by atoms with E-state index in [9.17, 15) is 4.79 Å². The number of rotatable bonds is 6. The first-order valence-corrected chi connectivity index (χ1v) is 8.88. The van der Waals surface area contributed by atoms with Gasteiger partial charge in [0, 0.05) is 17.7 Å². The summed E-state index contributed by atoms with van der Waals surface area (Å²) in [7, 11) is 0. The van der Waals surface area contributed by atoms with Crippen molar-refractivity contribution in [1.29, 1.82) is 0 Å². The molecule has 27 heavy (non-hydrogen) atoms. The van der Waals surface area contributed by atoms with E-state index in [1.165, 1.54) is 0 Å². The molecule has 0 aromatic carbocycles. The average molecular weight is 399 g/mol. The summed E-state index contributed by atoms with van der Waals surface area (Å²) >= 11 is 0. The van der Waals surface area contributed by atoms with Crippen molar-refractivity contribution in [3.63, 3.8) is 0 Å². The Morgan fingerprint density at radius 3 is 1.93 bits per heavy atom. The van der Waals surface area contributed by atoms with Gasteiger partial charge < -0.3 is 24.4 Å². The van der Waals surface area contributed by atoms with Crippen LogP contribution in [0.2, 0.25) is 0 Å². The van der Waals surface area contributed by atoms with Crippen molar-refractivity contribution in [2.24, 2.45) is 5.73 Å². The van der Waals surface area contributed by atoms with Gasteiger partial charge in [-0.2, -0.15) is 0 Å². The summed E-state index contributed by atoms with van der Waals surface area (Å²) in [6.45, 7) is 8.68. The largest absolute Gasteiger partial charge is 0.364 e. The lowest BCUT2D eigenvalue weighted by Gasteiger charge is -2.25. The zero-order valence-corrected chi connectivity index (χ0v) is 17.0. The molecule has 2 atom stereocenters. The van der Waals surface area contributed by atoms with Crippen LogP contribution < -0.4 is 5.73 Å². The van der Waals surface area contributed by atoms with Gasteiger partial charge in [-0.05, 0) is 40.5 Å². The molecule has 2 aromatic rings. The molecule has 0 unspecified atom stereocenters. The zero-order valence-electron chi connectivity index (χ0n) is 16.2.